The van der Waals surface area contributed by atoms with Crippen molar-refractivity contribution >= 4 is 17.5 Å². The Hall–Kier alpha value is -3.42. The molecule has 0 fully saturated rings. The summed E-state index contributed by atoms with van der Waals surface area (Å²) in [7, 11) is 0. The van der Waals surface area contributed by atoms with Gasteiger partial charge in [-0.15, -0.1) is 0 Å². The van der Waals surface area contributed by atoms with Crippen LogP contribution in [0.4, 0.5) is 5.69 Å². The van der Waals surface area contributed by atoms with Crippen LogP contribution in [0.1, 0.15) is 12.5 Å². The molecule has 1 atom stereocenters. The van der Waals surface area contributed by atoms with Crippen molar-refractivity contribution < 1.29 is 19.2 Å². The summed E-state index contributed by atoms with van der Waals surface area (Å²) in [6.45, 7) is 1.43. The van der Waals surface area contributed by atoms with Gasteiger partial charge in [0.25, 0.3) is 5.91 Å². The first-order valence-electron chi connectivity index (χ1n) is 7.50. The van der Waals surface area contributed by atoms with Crippen LogP contribution in [-0.2, 0) is 16.0 Å². The highest BCUT2D eigenvalue weighted by atomic mass is 16.6. The van der Waals surface area contributed by atoms with E-state index in [1.54, 1.807) is 18.2 Å². The first kappa shape index (κ1) is 17.9. The van der Waals surface area contributed by atoms with E-state index in [1.807, 2.05) is 18.2 Å². The summed E-state index contributed by atoms with van der Waals surface area (Å²) >= 11 is 0. The molecule has 2 aromatic rings. The third-order valence-corrected chi connectivity index (χ3v) is 3.27. The molecule has 8 heteroatoms. The smallest absolute Gasteiger partial charge is 0.310 e. The van der Waals surface area contributed by atoms with Crippen molar-refractivity contribution in [2.75, 3.05) is 0 Å². The summed E-state index contributed by atoms with van der Waals surface area (Å²) in [5, 5.41) is 10.9. The molecule has 0 aliphatic rings. The molecule has 0 bridgehead atoms. The summed E-state index contributed by atoms with van der Waals surface area (Å²) < 4.78 is 5.31. The molecule has 0 heterocycles. The summed E-state index contributed by atoms with van der Waals surface area (Å²) in [6.07, 6.45) is -0.918. The van der Waals surface area contributed by atoms with Crippen molar-refractivity contribution in [1.29, 1.82) is 0 Å². The predicted octanol–water partition coefficient (Wildman–Crippen LogP) is 1.75. The van der Waals surface area contributed by atoms with Gasteiger partial charge in [0.1, 0.15) is 0 Å². The van der Waals surface area contributed by atoms with E-state index in [4.69, 9.17) is 4.74 Å². The number of hydrogen-bond donors (Lipinski definition) is 2. The van der Waals surface area contributed by atoms with Crippen LogP contribution >= 0.6 is 0 Å². The normalized spacial score (nSPS) is 11.2. The summed E-state index contributed by atoms with van der Waals surface area (Å²) in [5.41, 5.74) is 5.08. The van der Waals surface area contributed by atoms with E-state index in [9.17, 15) is 19.7 Å². The van der Waals surface area contributed by atoms with Gasteiger partial charge >= 0.3 is 5.69 Å². The molecular formula is C17H17N3O5. The van der Waals surface area contributed by atoms with Gasteiger partial charge in [-0.3, -0.25) is 30.6 Å². The predicted molar refractivity (Wildman–Crippen MR) is 89.6 cm³/mol. The molecule has 25 heavy (non-hydrogen) atoms. The standard InChI is InChI=1S/C17H17N3O5/c1-12(25-15-10-6-5-9-14(15)20(23)24)17(22)19-18-16(21)11-13-7-3-2-4-8-13/h2-10,12H,11H2,1H3,(H,18,21)(H,19,22)/t12-/m1/s1. The molecule has 130 valence electrons. The van der Waals surface area contributed by atoms with E-state index in [2.05, 4.69) is 10.9 Å². The highest BCUT2D eigenvalue weighted by molar-refractivity contribution is 5.85. The van der Waals surface area contributed by atoms with Gasteiger partial charge in [-0.05, 0) is 18.6 Å². The Morgan fingerprint density at radius 3 is 2.40 bits per heavy atom. The van der Waals surface area contributed by atoms with E-state index in [-0.39, 0.29) is 17.9 Å². The Balaban J connectivity index is 1.86. The van der Waals surface area contributed by atoms with Gasteiger partial charge in [-0.25, -0.2) is 0 Å². The fourth-order valence-corrected chi connectivity index (χ4v) is 2.01. The molecule has 8 nitrogen and oxygen atoms in total. The molecule has 0 aliphatic heterocycles. The Morgan fingerprint density at radius 2 is 1.72 bits per heavy atom. The molecule has 2 rings (SSSR count). The lowest BCUT2D eigenvalue weighted by molar-refractivity contribution is -0.386. The average molecular weight is 343 g/mol. The van der Waals surface area contributed by atoms with Gasteiger partial charge in [0.15, 0.2) is 11.9 Å². The highest BCUT2D eigenvalue weighted by Gasteiger charge is 2.20. The number of nitro groups is 1. The van der Waals surface area contributed by atoms with Crippen molar-refractivity contribution in [2.24, 2.45) is 0 Å². The average Bonchev–Trinajstić information content (AvgIpc) is 2.60. The van der Waals surface area contributed by atoms with Gasteiger partial charge in [0.05, 0.1) is 11.3 Å². The quantitative estimate of drug-likeness (QED) is 0.613. The number of ether oxygens (including phenoxy) is 1. The summed E-state index contributed by atoms with van der Waals surface area (Å²) in [4.78, 5) is 34.1. The van der Waals surface area contributed by atoms with E-state index < -0.39 is 22.8 Å². The van der Waals surface area contributed by atoms with Crippen molar-refractivity contribution in [3.63, 3.8) is 0 Å². The molecule has 0 aliphatic carbocycles. The van der Waals surface area contributed by atoms with Crippen LogP contribution in [-0.4, -0.2) is 22.8 Å². The monoisotopic (exact) mass is 343 g/mol. The zero-order valence-electron chi connectivity index (χ0n) is 13.5. The Bertz CT molecular complexity index is 764. The van der Waals surface area contributed by atoms with E-state index in [0.717, 1.165) is 5.56 Å². The minimum Gasteiger partial charge on any atom is -0.474 e. The van der Waals surface area contributed by atoms with Crippen LogP contribution in [0.2, 0.25) is 0 Å². The SMILES string of the molecule is C[C@@H](Oc1ccccc1[N+](=O)[O-])C(=O)NNC(=O)Cc1ccccc1. The lowest BCUT2D eigenvalue weighted by Gasteiger charge is -2.15. The fourth-order valence-electron chi connectivity index (χ4n) is 2.01. The van der Waals surface area contributed by atoms with Crippen LogP contribution in [0.25, 0.3) is 0 Å². The fraction of sp³-hybridized carbons (Fsp3) is 0.176. The number of amides is 2. The van der Waals surface area contributed by atoms with Crippen LogP contribution in [0.15, 0.2) is 54.6 Å². The molecule has 0 radical (unpaired) electrons. The van der Waals surface area contributed by atoms with Gasteiger partial charge in [0.2, 0.25) is 5.91 Å². The molecule has 2 aromatic carbocycles. The first-order valence-corrected chi connectivity index (χ1v) is 7.50. The lowest BCUT2D eigenvalue weighted by atomic mass is 10.1. The van der Waals surface area contributed by atoms with E-state index in [0.29, 0.717) is 0 Å². The van der Waals surface area contributed by atoms with Crippen LogP contribution in [0, 0.1) is 10.1 Å². The zero-order chi connectivity index (χ0) is 18.2. The number of hydrogen-bond acceptors (Lipinski definition) is 5. The van der Waals surface area contributed by atoms with E-state index in [1.165, 1.54) is 25.1 Å². The Kier molecular flexibility index (Phi) is 6.05. The van der Waals surface area contributed by atoms with Gasteiger partial charge in [-0.1, -0.05) is 42.5 Å². The molecular weight excluding hydrogens is 326 g/mol. The summed E-state index contributed by atoms with van der Waals surface area (Å²) in [6, 6.07) is 14.8. The van der Waals surface area contributed by atoms with Crippen molar-refractivity contribution in [2.45, 2.75) is 19.4 Å². The molecule has 0 spiro atoms. The first-order chi connectivity index (χ1) is 12.0. The van der Waals surface area contributed by atoms with Gasteiger partial charge < -0.3 is 4.74 Å². The largest absolute Gasteiger partial charge is 0.474 e. The second-order valence-electron chi connectivity index (χ2n) is 5.18. The number of para-hydroxylation sites is 2. The van der Waals surface area contributed by atoms with E-state index >= 15 is 0 Å². The molecule has 2 amide bonds. The Morgan fingerprint density at radius 1 is 1.08 bits per heavy atom. The minimum absolute atomic E-state index is 0.0224. The van der Waals surface area contributed by atoms with Gasteiger partial charge in [0, 0.05) is 6.07 Å². The maximum atomic E-state index is 12.0. The third kappa shape index (κ3) is 5.31. The zero-order valence-corrected chi connectivity index (χ0v) is 13.5. The number of nitrogens with zero attached hydrogens (tertiary/aromatic N) is 1. The van der Waals surface area contributed by atoms with Crippen molar-refractivity contribution in [1.82, 2.24) is 10.9 Å². The maximum Gasteiger partial charge on any atom is 0.310 e. The molecule has 0 aromatic heterocycles. The highest BCUT2D eigenvalue weighted by Crippen LogP contribution is 2.26. The van der Waals surface area contributed by atoms with Crippen molar-refractivity contribution in [3.05, 3.63) is 70.3 Å². The number of nitro benzene ring substituents is 1. The number of benzene rings is 2. The second kappa shape index (κ2) is 8.44. The number of hydrazine groups is 1. The van der Waals surface area contributed by atoms with Crippen LogP contribution in [0.3, 0.4) is 0 Å². The second-order valence-corrected chi connectivity index (χ2v) is 5.18. The van der Waals surface area contributed by atoms with Gasteiger partial charge in [-0.2, -0.15) is 0 Å². The molecule has 0 unspecified atom stereocenters. The number of carbonyl (C=O) groups is 2. The maximum absolute atomic E-state index is 12.0. The molecule has 0 saturated heterocycles. The number of carbonyl (C=O) groups excluding carboxylic acids is 2. The number of rotatable bonds is 6. The Labute approximate surface area is 143 Å². The molecule has 2 N–H and O–H groups in total. The molecule has 0 saturated carbocycles. The lowest BCUT2D eigenvalue weighted by Crippen LogP contribution is -2.47. The topological polar surface area (TPSA) is 111 Å². The number of nitrogens with one attached hydrogen (secondary N) is 2. The van der Waals surface area contributed by atoms with Crippen LogP contribution in [0.5, 0.6) is 5.75 Å². The van der Waals surface area contributed by atoms with Crippen molar-refractivity contribution in [3.8, 4) is 5.75 Å². The van der Waals surface area contributed by atoms with Crippen LogP contribution < -0.4 is 15.6 Å². The third-order valence-electron chi connectivity index (χ3n) is 3.27. The summed E-state index contributed by atoms with van der Waals surface area (Å²) in [5.74, 6) is -1.04. The minimum atomic E-state index is -1.03.